The molecule has 6 nitrogen and oxygen atoms in total. The number of amides is 1. The molecular weight excluding hydrogens is 354 g/mol. The van der Waals surface area contributed by atoms with Crippen molar-refractivity contribution in [2.24, 2.45) is 0 Å². The zero-order valence-electron chi connectivity index (χ0n) is 13.7. The number of hydrogen-bond donors (Lipinski definition) is 0. The molecule has 0 N–H and O–H groups in total. The lowest BCUT2D eigenvalue weighted by molar-refractivity contribution is -0.132. The smallest absolute Gasteiger partial charge is 0.282 e. The second-order valence-electron chi connectivity index (χ2n) is 5.81. The lowest BCUT2D eigenvalue weighted by Crippen LogP contribution is -2.50. The van der Waals surface area contributed by atoms with Gasteiger partial charge in [0.1, 0.15) is 23.8 Å². The minimum atomic E-state index is -2.98. The first-order valence-electron chi connectivity index (χ1n) is 8.03. The van der Waals surface area contributed by atoms with Crippen LogP contribution in [-0.4, -0.2) is 51.8 Å². The lowest BCUT2D eigenvalue weighted by Gasteiger charge is -2.35. The van der Waals surface area contributed by atoms with Gasteiger partial charge in [0, 0.05) is 32.4 Å². The normalized spacial score (nSPS) is 15.2. The van der Waals surface area contributed by atoms with Gasteiger partial charge in [-0.25, -0.2) is 22.5 Å². The molecule has 0 radical (unpaired) electrons. The number of halogens is 4. The average Bonchev–Trinajstić information content (AvgIpc) is 3.07. The number of piperazine rings is 1. The number of pyridine rings is 1. The fraction of sp³-hybridized carbons (Fsp3) is 0.438. The number of carbonyl (C=O) groups is 1. The molecule has 1 saturated heterocycles. The molecule has 140 valence electrons. The van der Waals surface area contributed by atoms with Crippen LogP contribution in [0.5, 0.6) is 0 Å². The van der Waals surface area contributed by atoms with Crippen LogP contribution in [0.4, 0.5) is 23.4 Å². The van der Waals surface area contributed by atoms with Crippen LogP contribution in [0.1, 0.15) is 24.2 Å². The maximum Gasteiger partial charge on any atom is 0.282 e. The lowest BCUT2D eigenvalue weighted by atomic mass is 10.3. The minimum Gasteiger partial charge on any atom is -0.353 e. The first-order chi connectivity index (χ1) is 12.5. The Labute approximate surface area is 147 Å². The summed E-state index contributed by atoms with van der Waals surface area (Å²) in [6.45, 7) is 1.39. The molecule has 3 heterocycles. The largest absolute Gasteiger partial charge is 0.353 e. The molecule has 1 fully saturated rings. The van der Waals surface area contributed by atoms with E-state index < -0.39 is 36.7 Å². The Bertz CT molecular complexity index is 744. The molecule has 1 aliphatic heterocycles. The summed E-state index contributed by atoms with van der Waals surface area (Å²) < 4.78 is 52.0. The summed E-state index contributed by atoms with van der Waals surface area (Å²) in [5.74, 6) is 0.365. The second-order valence-corrected chi connectivity index (χ2v) is 5.81. The van der Waals surface area contributed by atoms with Crippen molar-refractivity contribution in [3.63, 3.8) is 0 Å². The Morgan fingerprint density at radius 2 is 1.81 bits per heavy atom. The Morgan fingerprint density at radius 1 is 1.08 bits per heavy atom. The standard InChI is InChI=1S/C16H17F4N5O/c17-15(18)11-9-12(16(19)20)25(22-11)10-14(26)24-7-5-23(6-8-24)13-3-1-2-4-21-13/h1-4,9,15-16H,5-8,10H2. The van der Waals surface area contributed by atoms with Crippen molar-refractivity contribution in [3.05, 3.63) is 41.9 Å². The van der Waals surface area contributed by atoms with E-state index in [-0.39, 0.29) is 0 Å². The van der Waals surface area contributed by atoms with E-state index in [1.54, 1.807) is 6.20 Å². The molecule has 1 aliphatic rings. The van der Waals surface area contributed by atoms with Crippen LogP contribution < -0.4 is 4.90 Å². The number of aromatic nitrogens is 3. The third kappa shape index (κ3) is 3.94. The predicted octanol–water partition coefficient (Wildman–Crippen LogP) is 2.50. The highest BCUT2D eigenvalue weighted by molar-refractivity contribution is 5.76. The monoisotopic (exact) mass is 371 g/mol. The molecule has 0 aromatic carbocycles. The van der Waals surface area contributed by atoms with Crippen molar-refractivity contribution in [1.29, 1.82) is 0 Å². The molecule has 2 aromatic rings. The van der Waals surface area contributed by atoms with Gasteiger partial charge in [-0.05, 0) is 18.2 Å². The SMILES string of the molecule is O=C(Cn1nc(C(F)F)cc1C(F)F)N1CCN(c2ccccn2)CC1. The summed E-state index contributed by atoms with van der Waals surface area (Å²) in [5.41, 5.74) is -1.44. The summed E-state index contributed by atoms with van der Waals surface area (Å²) >= 11 is 0. The van der Waals surface area contributed by atoms with Gasteiger partial charge in [0.25, 0.3) is 12.9 Å². The van der Waals surface area contributed by atoms with Crippen LogP contribution in [0.2, 0.25) is 0 Å². The first-order valence-corrected chi connectivity index (χ1v) is 8.03. The third-order valence-corrected chi connectivity index (χ3v) is 4.17. The Morgan fingerprint density at radius 3 is 2.38 bits per heavy atom. The summed E-state index contributed by atoms with van der Waals surface area (Å²) in [6, 6.07) is 6.18. The van der Waals surface area contributed by atoms with Crippen LogP contribution in [0.25, 0.3) is 0 Å². The average molecular weight is 371 g/mol. The minimum absolute atomic E-state index is 0.391. The van der Waals surface area contributed by atoms with Crippen molar-refractivity contribution >= 4 is 11.7 Å². The molecule has 10 heteroatoms. The second kappa shape index (κ2) is 7.71. The van der Waals surface area contributed by atoms with E-state index in [0.29, 0.717) is 36.9 Å². The van der Waals surface area contributed by atoms with Crippen molar-refractivity contribution in [1.82, 2.24) is 19.7 Å². The number of nitrogens with zero attached hydrogens (tertiary/aromatic N) is 5. The molecule has 0 saturated carbocycles. The zero-order chi connectivity index (χ0) is 18.7. The van der Waals surface area contributed by atoms with E-state index in [4.69, 9.17) is 0 Å². The maximum absolute atomic E-state index is 13.0. The van der Waals surface area contributed by atoms with Gasteiger partial charge in [-0.15, -0.1) is 0 Å². The van der Waals surface area contributed by atoms with Crippen molar-refractivity contribution < 1.29 is 22.4 Å². The van der Waals surface area contributed by atoms with Crippen LogP contribution in [0.15, 0.2) is 30.5 Å². The third-order valence-electron chi connectivity index (χ3n) is 4.17. The van der Waals surface area contributed by atoms with E-state index in [1.165, 1.54) is 4.90 Å². The molecular formula is C16H17F4N5O. The van der Waals surface area contributed by atoms with E-state index in [0.717, 1.165) is 5.82 Å². The van der Waals surface area contributed by atoms with E-state index in [2.05, 4.69) is 10.1 Å². The van der Waals surface area contributed by atoms with Gasteiger partial charge in [-0.1, -0.05) is 6.07 Å². The fourth-order valence-corrected chi connectivity index (χ4v) is 2.81. The van der Waals surface area contributed by atoms with Gasteiger partial charge >= 0.3 is 0 Å². The maximum atomic E-state index is 13.0. The molecule has 3 rings (SSSR count). The molecule has 0 atom stereocenters. The molecule has 26 heavy (non-hydrogen) atoms. The highest BCUT2D eigenvalue weighted by atomic mass is 19.3. The van der Waals surface area contributed by atoms with Gasteiger partial charge < -0.3 is 9.80 Å². The quantitative estimate of drug-likeness (QED) is 0.758. The first kappa shape index (κ1) is 18.2. The van der Waals surface area contributed by atoms with E-state index >= 15 is 0 Å². The van der Waals surface area contributed by atoms with E-state index in [9.17, 15) is 22.4 Å². The van der Waals surface area contributed by atoms with Gasteiger partial charge in [0.05, 0.1) is 0 Å². The number of alkyl halides is 4. The van der Waals surface area contributed by atoms with Gasteiger partial charge in [0.15, 0.2) is 0 Å². The molecule has 0 bridgehead atoms. The van der Waals surface area contributed by atoms with Crippen LogP contribution >= 0.6 is 0 Å². The summed E-state index contributed by atoms with van der Waals surface area (Å²) in [6.07, 6.45) is -4.27. The Kier molecular flexibility index (Phi) is 5.38. The number of rotatable bonds is 5. The van der Waals surface area contributed by atoms with Gasteiger partial charge in [0.2, 0.25) is 5.91 Å². The Hall–Kier alpha value is -2.65. The van der Waals surface area contributed by atoms with Crippen LogP contribution in [0, 0.1) is 0 Å². The summed E-state index contributed by atoms with van der Waals surface area (Å²) in [7, 11) is 0. The summed E-state index contributed by atoms with van der Waals surface area (Å²) in [4.78, 5) is 20.1. The molecule has 0 unspecified atom stereocenters. The van der Waals surface area contributed by atoms with Crippen LogP contribution in [-0.2, 0) is 11.3 Å². The summed E-state index contributed by atoms with van der Waals surface area (Å²) in [5, 5.41) is 3.45. The molecule has 2 aromatic heterocycles. The Balaban J connectivity index is 1.63. The fourth-order valence-electron chi connectivity index (χ4n) is 2.81. The molecule has 1 amide bonds. The zero-order valence-corrected chi connectivity index (χ0v) is 13.7. The van der Waals surface area contributed by atoms with Gasteiger partial charge in [-0.3, -0.25) is 9.48 Å². The predicted molar refractivity (Wildman–Crippen MR) is 85.2 cm³/mol. The molecule has 0 aliphatic carbocycles. The molecule has 0 spiro atoms. The van der Waals surface area contributed by atoms with Crippen LogP contribution in [0.3, 0.4) is 0 Å². The van der Waals surface area contributed by atoms with Crippen molar-refractivity contribution in [3.8, 4) is 0 Å². The number of anilines is 1. The topological polar surface area (TPSA) is 54.3 Å². The van der Waals surface area contributed by atoms with Gasteiger partial charge in [-0.2, -0.15) is 5.10 Å². The van der Waals surface area contributed by atoms with Crippen molar-refractivity contribution in [2.45, 2.75) is 19.4 Å². The number of carbonyl (C=O) groups excluding carboxylic acids is 1. The number of hydrogen-bond acceptors (Lipinski definition) is 4. The highest BCUT2D eigenvalue weighted by Crippen LogP contribution is 2.25. The highest BCUT2D eigenvalue weighted by Gasteiger charge is 2.26. The van der Waals surface area contributed by atoms with Crippen molar-refractivity contribution in [2.75, 3.05) is 31.1 Å². The van der Waals surface area contributed by atoms with E-state index in [1.807, 2.05) is 23.1 Å².